The van der Waals surface area contributed by atoms with Gasteiger partial charge in [-0.05, 0) is 57.2 Å². The summed E-state index contributed by atoms with van der Waals surface area (Å²) < 4.78 is 5.34. The van der Waals surface area contributed by atoms with Gasteiger partial charge in [0.1, 0.15) is 0 Å². The van der Waals surface area contributed by atoms with Crippen molar-refractivity contribution in [3.63, 3.8) is 0 Å². The van der Waals surface area contributed by atoms with Crippen LogP contribution >= 0.6 is 11.6 Å². The lowest BCUT2D eigenvalue weighted by molar-refractivity contribution is -0.157. The van der Waals surface area contributed by atoms with Crippen LogP contribution in [0.2, 0.25) is 5.02 Å². The molecule has 0 N–H and O–H groups in total. The topological polar surface area (TPSA) is 46.6 Å². The second kappa shape index (κ2) is 6.40. The highest BCUT2D eigenvalue weighted by molar-refractivity contribution is 6.31. The molecule has 130 valence electrons. The second-order valence-electron chi connectivity index (χ2n) is 6.86. The summed E-state index contributed by atoms with van der Waals surface area (Å²) in [4.78, 5) is 27.6. The SMILES string of the molecule is CCOC(=O)[C@@]1(CC)C[C@H]2CC[C@@H]1N2C(=O)c1ccc(C)c(Cl)c1. The first kappa shape index (κ1) is 17.3. The van der Waals surface area contributed by atoms with E-state index in [-0.39, 0.29) is 24.0 Å². The molecule has 2 fully saturated rings. The van der Waals surface area contributed by atoms with Gasteiger partial charge in [-0.15, -0.1) is 0 Å². The van der Waals surface area contributed by atoms with Crippen molar-refractivity contribution in [3.8, 4) is 0 Å². The summed E-state index contributed by atoms with van der Waals surface area (Å²) in [6, 6.07) is 5.46. The molecule has 3 atom stereocenters. The number of aryl methyl sites for hydroxylation is 1. The number of benzene rings is 1. The number of fused-ring (bicyclic) bond motifs is 2. The Labute approximate surface area is 148 Å². The number of ether oxygens (including phenoxy) is 1. The van der Waals surface area contributed by atoms with Crippen molar-refractivity contribution >= 4 is 23.5 Å². The molecule has 24 heavy (non-hydrogen) atoms. The van der Waals surface area contributed by atoms with Gasteiger partial charge in [-0.1, -0.05) is 24.6 Å². The number of halogens is 1. The fourth-order valence-electron chi connectivity index (χ4n) is 4.38. The molecule has 4 nitrogen and oxygen atoms in total. The molecule has 1 amide bonds. The van der Waals surface area contributed by atoms with Gasteiger partial charge in [-0.25, -0.2) is 0 Å². The van der Waals surface area contributed by atoms with Crippen molar-refractivity contribution < 1.29 is 14.3 Å². The number of carbonyl (C=O) groups excluding carboxylic acids is 2. The molecule has 2 saturated heterocycles. The van der Waals surface area contributed by atoms with Gasteiger partial charge in [-0.3, -0.25) is 9.59 Å². The summed E-state index contributed by atoms with van der Waals surface area (Å²) in [5.41, 5.74) is 0.994. The number of hydrogen-bond donors (Lipinski definition) is 0. The number of rotatable bonds is 4. The van der Waals surface area contributed by atoms with Gasteiger partial charge < -0.3 is 9.64 Å². The second-order valence-corrected chi connectivity index (χ2v) is 7.26. The molecule has 2 aliphatic rings. The van der Waals surface area contributed by atoms with Gasteiger partial charge in [0.05, 0.1) is 12.0 Å². The van der Waals surface area contributed by atoms with Gasteiger partial charge in [-0.2, -0.15) is 0 Å². The zero-order chi connectivity index (χ0) is 17.5. The maximum Gasteiger partial charge on any atom is 0.314 e. The van der Waals surface area contributed by atoms with Crippen LogP contribution in [0.3, 0.4) is 0 Å². The van der Waals surface area contributed by atoms with E-state index in [1.165, 1.54) is 0 Å². The average molecular weight is 350 g/mol. The molecule has 2 heterocycles. The Bertz CT molecular complexity index is 675. The fraction of sp³-hybridized carbons (Fsp3) is 0.579. The van der Waals surface area contributed by atoms with Crippen molar-refractivity contribution in [1.29, 1.82) is 0 Å². The molecule has 0 radical (unpaired) electrons. The Hall–Kier alpha value is -1.55. The minimum atomic E-state index is -0.553. The van der Waals surface area contributed by atoms with E-state index in [4.69, 9.17) is 16.3 Å². The van der Waals surface area contributed by atoms with Crippen LogP contribution in [-0.4, -0.2) is 35.5 Å². The van der Waals surface area contributed by atoms with Crippen LogP contribution < -0.4 is 0 Å². The first-order chi connectivity index (χ1) is 11.4. The van der Waals surface area contributed by atoms with E-state index >= 15 is 0 Å². The van der Waals surface area contributed by atoms with Gasteiger partial charge >= 0.3 is 5.97 Å². The van der Waals surface area contributed by atoms with Crippen molar-refractivity contribution in [2.24, 2.45) is 5.41 Å². The molecule has 0 unspecified atom stereocenters. The van der Waals surface area contributed by atoms with Crippen LogP contribution in [0, 0.1) is 12.3 Å². The van der Waals surface area contributed by atoms with Gasteiger partial charge in [0.15, 0.2) is 0 Å². The third-order valence-corrected chi connectivity index (χ3v) is 6.11. The lowest BCUT2D eigenvalue weighted by Crippen LogP contribution is -2.45. The standard InChI is InChI=1S/C19H24ClNO3/c1-4-19(18(23)24-5-2)11-14-8-9-16(19)21(14)17(22)13-7-6-12(3)15(20)10-13/h6-7,10,14,16H,4-5,8-9,11H2,1-3H3/t14-,16+,19+/m1/s1. The first-order valence-electron chi connectivity index (χ1n) is 8.70. The van der Waals surface area contributed by atoms with E-state index in [9.17, 15) is 9.59 Å². The van der Waals surface area contributed by atoms with Crippen LogP contribution in [0.5, 0.6) is 0 Å². The smallest absolute Gasteiger partial charge is 0.314 e. The van der Waals surface area contributed by atoms with Crippen molar-refractivity contribution in [1.82, 2.24) is 4.90 Å². The number of esters is 1. The zero-order valence-electron chi connectivity index (χ0n) is 14.5. The lowest BCUT2D eigenvalue weighted by atomic mass is 9.72. The summed E-state index contributed by atoms with van der Waals surface area (Å²) in [6.07, 6.45) is 3.23. The van der Waals surface area contributed by atoms with Crippen LogP contribution in [0.4, 0.5) is 0 Å². The highest BCUT2D eigenvalue weighted by atomic mass is 35.5. The third-order valence-electron chi connectivity index (χ3n) is 5.71. The number of nitrogens with zero attached hydrogens (tertiary/aromatic N) is 1. The van der Waals surface area contributed by atoms with Gasteiger partial charge in [0.2, 0.25) is 0 Å². The largest absolute Gasteiger partial charge is 0.466 e. The number of hydrogen-bond acceptors (Lipinski definition) is 3. The fourth-order valence-corrected chi connectivity index (χ4v) is 4.56. The van der Waals surface area contributed by atoms with E-state index in [0.717, 1.165) is 18.4 Å². The average Bonchev–Trinajstić information content (AvgIpc) is 3.13. The van der Waals surface area contributed by atoms with Crippen molar-refractivity contribution in [2.75, 3.05) is 6.61 Å². The molecule has 3 rings (SSSR count). The molecule has 2 aliphatic heterocycles. The minimum absolute atomic E-state index is 0.0241. The molecule has 2 bridgehead atoms. The predicted molar refractivity (Wildman–Crippen MR) is 93.1 cm³/mol. The van der Waals surface area contributed by atoms with Gasteiger partial charge in [0, 0.05) is 22.7 Å². The summed E-state index contributed by atoms with van der Waals surface area (Å²) in [5.74, 6) is -0.177. The molecule has 0 aromatic heterocycles. The molecule has 5 heteroatoms. The molecular formula is C19H24ClNO3. The Balaban J connectivity index is 1.91. The van der Waals surface area contributed by atoms with Crippen molar-refractivity contribution in [2.45, 2.75) is 58.5 Å². The molecule has 0 spiro atoms. The van der Waals surface area contributed by atoms with E-state index in [1.807, 2.05) is 37.8 Å². The van der Waals surface area contributed by atoms with E-state index < -0.39 is 5.41 Å². The van der Waals surface area contributed by atoms with E-state index in [0.29, 0.717) is 30.0 Å². The minimum Gasteiger partial charge on any atom is -0.466 e. The Kier molecular flexibility index (Phi) is 4.60. The summed E-state index contributed by atoms with van der Waals surface area (Å²) in [6.45, 7) is 6.13. The number of carbonyl (C=O) groups is 2. The normalized spacial score (nSPS) is 28.2. The van der Waals surface area contributed by atoms with E-state index in [1.54, 1.807) is 6.07 Å². The Morgan fingerprint density at radius 2 is 2.08 bits per heavy atom. The maximum atomic E-state index is 13.1. The molecule has 0 saturated carbocycles. The zero-order valence-corrected chi connectivity index (χ0v) is 15.2. The maximum absolute atomic E-state index is 13.1. The molecule has 1 aromatic carbocycles. The summed E-state index contributed by atoms with van der Waals surface area (Å²) in [5, 5.41) is 0.597. The quantitative estimate of drug-likeness (QED) is 0.772. The predicted octanol–water partition coefficient (Wildman–Crippen LogP) is 3.98. The third kappa shape index (κ3) is 2.52. The Morgan fingerprint density at radius 1 is 1.33 bits per heavy atom. The van der Waals surface area contributed by atoms with E-state index in [2.05, 4.69) is 0 Å². The lowest BCUT2D eigenvalue weighted by Gasteiger charge is -2.34. The molecular weight excluding hydrogens is 326 g/mol. The van der Waals surface area contributed by atoms with Crippen LogP contribution in [0.1, 0.15) is 55.5 Å². The highest BCUT2D eigenvalue weighted by Gasteiger charge is 2.61. The molecule has 0 aliphatic carbocycles. The van der Waals surface area contributed by atoms with Crippen LogP contribution in [0.25, 0.3) is 0 Å². The van der Waals surface area contributed by atoms with Crippen LogP contribution in [-0.2, 0) is 9.53 Å². The number of amides is 1. The Morgan fingerprint density at radius 3 is 2.71 bits per heavy atom. The summed E-state index contributed by atoms with van der Waals surface area (Å²) >= 11 is 6.18. The van der Waals surface area contributed by atoms with Crippen molar-refractivity contribution in [3.05, 3.63) is 34.3 Å². The summed E-state index contributed by atoms with van der Waals surface area (Å²) in [7, 11) is 0. The van der Waals surface area contributed by atoms with Gasteiger partial charge in [0.25, 0.3) is 5.91 Å². The first-order valence-corrected chi connectivity index (χ1v) is 9.08. The van der Waals surface area contributed by atoms with Crippen LogP contribution in [0.15, 0.2) is 18.2 Å². The highest BCUT2D eigenvalue weighted by Crippen LogP contribution is 2.52. The monoisotopic (exact) mass is 349 g/mol. The molecule has 1 aromatic rings.